The van der Waals surface area contributed by atoms with E-state index >= 15 is 0 Å². The highest BCUT2D eigenvalue weighted by atomic mass is 19.2. The molecule has 0 bridgehead atoms. The Labute approximate surface area is 73.2 Å². The van der Waals surface area contributed by atoms with Crippen LogP contribution in [0.25, 0.3) is 0 Å². The first-order chi connectivity index (χ1) is 5.95. The molecule has 0 nitrogen and oxygen atoms in total. The number of rotatable bonds is 0. The second kappa shape index (κ2) is 3.36. The Morgan fingerprint density at radius 3 is 1.92 bits per heavy atom. The fourth-order valence-electron chi connectivity index (χ4n) is 1.01. The molecule has 0 aliphatic heterocycles. The minimum atomic E-state index is -1.74. The first kappa shape index (κ1) is 10.0. The molecule has 4 heteroatoms. The van der Waals surface area contributed by atoms with E-state index in [2.05, 4.69) is 0 Å². The summed E-state index contributed by atoms with van der Waals surface area (Å²) >= 11 is 0. The lowest BCUT2D eigenvalue weighted by molar-refractivity contribution is 0.467. The fourth-order valence-corrected chi connectivity index (χ4v) is 1.01. The average Bonchev–Trinajstić information content (AvgIpc) is 2.15. The Morgan fingerprint density at radius 2 is 1.38 bits per heavy atom. The van der Waals surface area contributed by atoms with Crippen LogP contribution < -0.4 is 0 Å². The van der Waals surface area contributed by atoms with E-state index in [9.17, 15) is 17.6 Å². The van der Waals surface area contributed by atoms with Crippen molar-refractivity contribution in [3.8, 4) is 0 Å². The van der Waals surface area contributed by atoms with Crippen LogP contribution in [0.2, 0.25) is 0 Å². The molecular weight excluding hydrogens is 184 g/mol. The Hall–Kier alpha value is -1.06. The van der Waals surface area contributed by atoms with Crippen molar-refractivity contribution in [1.29, 1.82) is 0 Å². The van der Waals surface area contributed by atoms with Crippen LogP contribution >= 0.6 is 0 Å². The van der Waals surface area contributed by atoms with Gasteiger partial charge >= 0.3 is 0 Å². The van der Waals surface area contributed by atoms with Crippen molar-refractivity contribution >= 4 is 0 Å². The predicted molar refractivity (Wildman–Crippen MR) is 41.5 cm³/mol. The summed E-state index contributed by atoms with van der Waals surface area (Å²) in [6.07, 6.45) is -0.376. The van der Waals surface area contributed by atoms with Crippen molar-refractivity contribution < 1.29 is 17.6 Å². The molecule has 0 amide bonds. The van der Waals surface area contributed by atoms with Gasteiger partial charge in [-0.1, -0.05) is 5.57 Å². The van der Waals surface area contributed by atoms with Gasteiger partial charge in [-0.25, -0.2) is 17.6 Å². The molecule has 1 rings (SSSR count). The second-order valence-electron chi connectivity index (χ2n) is 2.93. The van der Waals surface area contributed by atoms with E-state index in [1.54, 1.807) is 0 Å². The van der Waals surface area contributed by atoms with Gasteiger partial charge in [0.1, 0.15) is 5.83 Å². The fraction of sp³-hybridized carbons (Fsp3) is 0.333. The molecule has 0 N–H and O–H groups in total. The number of allylic oxidation sites excluding steroid dienone is 6. The minimum absolute atomic E-state index is 0.0414. The SMILES string of the molecule is CC1=C(C)C(F)=C(F)C(F)=C(F)C1. The van der Waals surface area contributed by atoms with Crippen LogP contribution in [-0.4, -0.2) is 0 Å². The Balaban J connectivity index is 3.35. The van der Waals surface area contributed by atoms with Gasteiger partial charge in [0.2, 0.25) is 0 Å². The summed E-state index contributed by atoms with van der Waals surface area (Å²) in [6, 6.07) is 0. The summed E-state index contributed by atoms with van der Waals surface area (Å²) in [7, 11) is 0. The Morgan fingerprint density at radius 1 is 0.846 bits per heavy atom. The van der Waals surface area contributed by atoms with Crippen molar-refractivity contribution in [2.24, 2.45) is 0 Å². The minimum Gasteiger partial charge on any atom is -0.208 e. The van der Waals surface area contributed by atoms with E-state index in [4.69, 9.17) is 0 Å². The molecule has 0 aromatic rings. The van der Waals surface area contributed by atoms with Gasteiger partial charge in [0, 0.05) is 6.42 Å². The van der Waals surface area contributed by atoms with Crippen molar-refractivity contribution in [2.45, 2.75) is 20.3 Å². The zero-order chi connectivity index (χ0) is 10.2. The molecule has 0 saturated carbocycles. The van der Waals surface area contributed by atoms with Crippen molar-refractivity contribution in [1.82, 2.24) is 0 Å². The molecule has 0 atom stereocenters. The summed E-state index contributed by atoms with van der Waals surface area (Å²) in [5.41, 5.74) is 0.248. The smallest absolute Gasteiger partial charge is 0.197 e. The van der Waals surface area contributed by atoms with E-state index in [1.807, 2.05) is 0 Å². The number of halogens is 4. The maximum atomic E-state index is 12.9. The normalized spacial score (nSPS) is 19.8. The monoisotopic (exact) mass is 192 g/mol. The lowest BCUT2D eigenvalue weighted by atomic mass is 10.1. The average molecular weight is 192 g/mol. The quantitative estimate of drug-likeness (QED) is 0.508. The van der Waals surface area contributed by atoms with Gasteiger partial charge in [-0.3, -0.25) is 0 Å². The van der Waals surface area contributed by atoms with E-state index in [0.717, 1.165) is 0 Å². The summed E-state index contributed by atoms with van der Waals surface area (Å²) in [6.45, 7) is 2.72. The lowest BCUT2D eigenvalue weighted by Gasteiger charge is -2.00. The summed E-state index contributed by atoms with van der Waals surface area (Å²) in [5.74, 6) is -6.05. The van der Waals surface area contributed by atoms with E-state index in [-0.39, 0.29) is 17.6 Å². The van der Waals surface area contributed by atoms with E-state index < -0.39 is 23.3 Å². The van der Waals surface area contributed by atoms with Crippen LogP contribution in [0.3, 0.4) is 0 Å². The third-order valence-corrected chi connectivity index (χ3v) is 2.01. The van der Waals surface area contributed by atoms with Crippen molar-refractivity contribution in [3.63, 3.8) is 0 Å². The molecule has 13 heavy (non-hydrogen) atoms. The molecule has 0 saturated heterocycles. The van der Waals surface area contributed by atoms with Gasteiger partial charge in [0.25, 0.3) is 0 Å². The molecule has 0 unspecified atom stereocenters. The third-order valence-electron chi connectivity index (χ3n) is 2.01. The predicted octanol–water partition coefficient (Wildman–Crippen LogP) is 4.03. The summed E-state index contributed by atoms with van der Waals surface area (Å²) in [5, 5.41) is 0. The largest absolute Gasteiger partial charge is 0.208 e. The zero-order valence-electron chi connectivity index (χ0n) is 7.22. The van der Waals surface area contributed by atoms with Crippen LogP contribution in [0.5, 0.6) is 0 Å². The van der Waals surface area contributed by atoms with Gasteiger partial charge in [-0.2, -0.15) is 0 Å². The maximum Gasteiger partial charge on any atom is 0.197 e. The highest BCUT2D eigenvalue weighted by Crippen LogP contribution is 2.35. The van der Waals surface area contributed by atoms with Crippen LogP contribution in [0.1, 0.15) is 20.3 Å². The summed E-state index contributed by atoms with van der Waals surface area (Å²) < 4.78 is 51.0. The summed E-state index contributed by atoms with van der Waals surface area (Å²) in [4.78, 5) is 0. The van der Waals surface area contributed by atoms with Crippen LogP contribution in [-0.2, 0) is 0 Å². The van der Waals surface area contributed by atoms with Crippen molar-refractivity contribution in [2.75, 3.05) is 0 Å². The topological polar surface area (TPSA) is 0 Å². The van der Waals surface area contributed by atoms with Gasteiger partial charge in [-0.15, -0.1) is 0 Å². The zero-order valence-corrected chi connectivity index (χ0v) is 7.22. The highest BCUT2D eigenvalue weighted by Gasteiger charge is 2.23. The lowest BCUT2D eigenvalue weighted by Crippen LogP contribution is -1.84. The van der Waals surface area contributed by atoms with Gasteiger partial charge in [-0.05, 0) is 19.4 Å². The molecule has 0 fully saturated rings. The Kier molecular flexibility index (Phi) is 2.59. The molecule has 0 radical (unpaired) electrons. The number of hydrogen-bond donors (Lipinski definition) is 0. The van der Waals surface area contributed by atoms with Crippen molar-refractivity contribution in [3.05, 3.63) is 34.5 Å². The highest BCUT2D eigenvalue weighted by molar-refractivity contribution is 5.41. The third kappa shape index (κ3) is 1.66. The molecule has 0 aromatic carbocycles. The van der Waals surface area contributed by atoms with Gasteiger partial charge in [0.15, 0.2) is 17.5 Å². The standard InChI is InChI=1S/C9H8F4/c1-4-3-6(10)8(12)9(13)7(11)5(4)2/h3H2,1-2H3. The Bertz CT molecular complexity index is 302. The molecule has 1 aliphatic carbocycles. The molecule has 0 heterocycles. The van der Waals surface area contributed by atoms with E-state index in [0.29, 0.717) is 0 Å². The molecule has 1 aliphatic rings. The maximum absolute atomic E-state index is 12.9. The molecular formula is C9H8F4. The van der Waals surface area contributed by atoms with Crippen LogP contribution in [0.15, 0.2) is 34.5 Å². The van der Waals surface area contributed by atoms with Gasteiger partial charge in [0.05, 0.1) is 0 Å². The van der Waals surface area contributed by atoms with E-state index in [1.165, 1.54) is 13.8 Å². The second-order valence-corrected chi connectivity index (χ2v) is 2.93. The first-order valence-corrected chi connectivity index (χ1v) is 3.71. The molecule has 0 spiro atoms. The number of hydrogen-bond acceptors (Lipinski definition) is 0. The molecule has 72 valence electrons. The first-order valence-electron chi connectivity index (χ1n) is 3.71. The van der Waals surface area contributed by atoms with Crippen LogP contribution in [0.4, 0.5) is 17.6 Å². The van der Waals surface area contributed by atoms with Crippen LogP contribution in [0, 0.1) is 0 Å². The molecule has 0 aromatic heterocycles. The van der Waals surface area contributed by atoms with Gasteiger partial charge < -0.3 is 0 Å².